The Morgan fingerprint density at radius 1 is 0.639 bits per heavy atom. The van der Waals surface area contributed by atoms with Gasteiger partial charge in [-0.25, -0.2) is 0 Å². The lowest BCUT2D eigenvalue weighted by molar-refractivity contribution is -0.119. The fourth-order valence-electron chi connectivity index (χ4n) is 6.99. The van der Waals surface area contributed by atoms with E-state index in [0.717, 1.165) is 73.0 Å². The summed E-state index contributed by atoms with van der Waals surface area (Å²) >= 11 is 15.9. The molecule has 0 spiro atoms. The predicted octanol–water partition coefficient (Wildman–Crippen LogP) is 11.1. The Morgan fingerprint density at radius 3 is 1.61 bits per heavy atom. The number of methoxy groups -OCH3 is 2. The third kappa shape index (κ3) is 10.8. The molecule has 0 saturated carbocycles. The van der Waals surface area contributed by atoms with Gasteiger partial charge >= 0.3 is 0 Å². The van der Waals surface area contributed by atoms with Gasteiger partial charge in [-0.2, -0.15) is 0 Å². The minimum atomic E-state index is -0.528. The van der Waals surface area contributed by atoms with Crippen molar-refractivity contribution in [2.45, 2.75) is 31.6 Å². The van der Waals surface area contributed by atoms with E-state index in [1.807, 2.05) is 84.9 Å². The number of aryl methyl sites for hydroxylation is 2. The summed E-state index contributed by atoms with van der Waals surface area (Å²) in [4.78, 5) is 38.2. The number of aliphatic imine (C=N–C) groups is 2. The van der Waals surface area contributed by atoms with Crippen LogP contribution < -0.4 is 19.3 Å². The Balaban J connectivity index is 0.000000175. The first kappa shape index (κ1) is 44.8. The summed E-state index contributed by atoms with van der Waals surface area (Å²) in [5.41, 5.74) is 11.7. The van der Waals surface area contributed by atoms with Crippen molar-refractivity contribution in [2.24, 2.45) is 9.98 Å². The zero-order chi connectivity index (χ0) is 43.6. The summed E-state index contributed by atoms with van der Waals surface area (Å²) in [6, 6.07) is 42.3. The standard InChI is InChI=1S/C25H23ClN2O2.C17H15ClN2O2.C8H9Br/c1-16-6-4-5-7-18(16)14-22-25(29)28(2)23-13-10-19(26)15-21(23)24(27-22)17-8-11-20(30-3)12-9-17;1-20-15-8-5-12(18)9-14(15)17(19-10-16(20)21)11-3-6-13(22-2)7-4-11;1-7-4-2-3-5-8(7)6-9/h4-13,15,22H,14H2,1-3H3;3-9H,10H2,1-2H3;2-5H,6H2,1H3. The van der Waals surface area contributed by atoms with Gasteiger partial charge in [0.05, 0.1) is 37.0 Å². The number of amides is 2. The smallest absolute Gasteiger partial charge is 0.251 e. The number of rotatable bonds is 7. The number of anilines is 2. The van der Waals surface area contributed by atoms with Crippen LogP contribution in [0, 0.1) is 13.8 Å². The van der Waals surface area contributed by atoms with Crippen molar-refractivity contribution in [3.8, 4) is 11.5 Å². The van der Waals surface area contributed by atoms with E-state index in [1.54, 1.807) is 50.2 Å². The number of fused-ring (bicyclic) bond motifs is 2. The average molecular weight is 919 g/mol. The highest BCUT2D eigenvalue weighted by Gasteiger charge is 2.31. The highest BCUT2D eigenvalue weighted by molar-refractivity contribution is 9.08. The molecule has 8 rings (SSSR count). The topological polar surface area (TPSA) is 83.8 Å². The molecule has 0 radical (unpaired) electrons. The first-order valence-electron chi connectivity index (χ1n) is 19.6. The second kappa shape index (κ2) is 20.7. The van der Waals surface area contributed by atoms with Crippen molar-refractivity contribution in [3.05, 3.63) is 188 Å². The molecule has 0 fully saturated rings. The van der Waals surface area contributed by atoms with Crippen molar-refractivity contribution < 1.29 is 19.1 Å². The normalized spacial score (nSPS) is 14.4. The first-order chi connectivity index (χ1) is 29.4. The Labute approximate surface area is 376 Å². The van der Waals surface area contributed by atoms with Gasteiger partial charge in [-0.05, 0) is 121 Å². The molecule has 1 atom stereocenters. The summed E-state index contributed by atoms with van der Waals surface area (Å²) in [6.45, 7) is 4.30. The van der Waals surface area contributed by atoms with Crippen molar-refractivity contribution in [1.82, 2.24) is 0 Å². The highest BCUT2D eigenvalue weighted by Crippen LogP contribution is 2.32. The number of likely N-dealkylation sites (N-methyl/N-ethyl adjacent to an activating group) is 2. The van der Waals surface area contributed by atoms with Gasteiger partial charge < -0.3 is 19.3 Å². The summed E-state index contributed by atoms with van der Waals surface area (Å²) < 4.78 is 10.5. The van der Waals surface area contributed by atoms with Gasteiger partial charge in [0.1, 0.15) is 24.1 Å². The summed E-state index contributed by atoms with van der Waals surface area (Å²) in [6.07, 6.45) is 0.539. The number of carbonyl (C=O) groups is 2. The number of hydrogen-bond acceptors (Lipinski definition) is 6. The molecule has 6 aromatic carbocycles. The summed E-state index contributed by atoms with van der Waals surface area (Å²) in [7, 11) is 6.81. The van der Waals surface area contributed by atoms with Crippen molar-refractivity contribution >= 4 is 73.7 Å². The Morgan fingerprint density at radius 2 is 1.11 bits per heavy atom. The average Bonchev–Trinajstić information content (AvgIpc) is 3.46. The van der Waals surface area contributed by atoms with Crippen LogP contribution in [-0.4, -0.2) is 64.1 Å². The molecule has 2 aliphatic rings. The summed E-state index contributed by atoms with van der Waals surface area (Å²) in [5, 5.41) is 2.18. The summed E-state index contributed by atoms with van der Waals surface area (Å²) in [5.74, 6) is 1.46. The molecule has 0 N–H and O–H groups in total. The van der Waals surface area contributed by atoms with Crippen molar-refractivity contribution in [2.75, 3.05) is 44.7 Å². The van der Waals surface area contributed by atoms with E-state index in [4.69, 9.17) is 37.7 Å². The molecule has 0 saturated heterocycles. The zero-order valence-corrected chi connectivity index (χ0v) is 38.1. The molecule has 312 valence electrons. The van der Waals surface area contributed by atoms with E-state index in [2.05, 4.69) is 71.2 Å². The largest absolute Gasteiger partial charge is 0.497 e. The van der Waals surface area contributed by atoms with Crippen LogP contribution in [0.3, 0.4) is 0 Å². The van der Waals surface area contributed by atoms with Gasteiger partial charge in [0.15, 0.2) is 0 Å². The van der Waals surface area contributed by atoms with Crippen molar-refractivity contribution in [1.29, 1.82) is 0 Å². The van der Waals surface area contributed by atoms with Gasteiger partial charge in [0, 0.05) is 58.1 Å². The molecule has 11 heteroatoms. The highest BCUT2D eigenvalue weighted by atomic mass is 79.9. The SMILES string of the molecule is COc1ccc(C2=NC(Cc3ccccc3C)C(=O)N(C)c3ccc(Cl)cc32)cc1.COc1ccc(C2=NCC(=O)N(C)c3ccc(Cl)cc32)cc1.Cc1ccccc1CBr. The first-order valence-corrected chi connectivity index (χ1v) is 21.5. The van der Waals surface area contributed by atoms with Crippen LogP contribution in [0.15, 0.2) is 143 Å². The number of carbonyl (C=O) groups excluding carboxylic acids is 2. The van der Waals surface area contributed by atoms with Gasteiger partial charge in [-0.3, -0.25) is 19.6 Å². The van der Waals surface area contributed by atoms with Gasteiger partial charge in [0.25, 0.3) is 5.91 Å². The van der Waals surface area contributed by atoms with E-state index in [1.165, 1.54) is 11.1 Å². The fourth-order valence-corrected chi connectivity index (χ4v) is 7.96. The van der Waals surface area contributed by atoms with Crippen LogP contribution in [0.5, 0.6) is 11.5 Å². The van der Waals surface area contributed by atoms with Gasteiger partial charge in [-0.15, -0.1) is 0 Å². The molecule has 6 aromatic rings. The second-order valence-electron chi connectivity index (χ2n) is 14.5. The fraction of sp³-hybridized carbons (Fsp3) is 0.200. The molecule has 61 heavy (non-hydrogen) atoms. The number of hydrogen-bond donors (Lipinski definition) is 0. The van der Waals surface area contributed by atoms with Gasteiger partial charge in [0.2, 0.25) is 5.91 Å². The van der Waals surface area contributed by atoms with Crippen LogP contribution in [0.25, 0.3) is 0 Å². The van der Waals surface area contributed by atoms with E-state index in [9.17, 15) is 9.59 Å². The number of benzodiazepines with no additional fused rings is 2. The van der Waals surface area contributed by atoms with Crippen LogP contribution in [-0.2, 0) is 21.3 Å². The van der Waals surface area contributed by atoms with Crippen LogP contribution in [0.2, 0.25) is 10.0 Å². The maximum absolute atomic E-state index is 13.4. The number of nitrogens with zero attached hydrogens (tertiary/aromatic N) is 4. The monoisotopic (exact) mass is 916 g/mol. The number of halogens is 3. The molecule has 0 aliphatic carbocycles. The third-order valence-electron chi connectivity index (χ3n) is 10.6. The number of ether oxygens (including phenoxy) is 2. The quantitative estimate of drug-likeness (QED) is 0.149. The van der Waals surface area contributed by atoms with E-state index < -0.39 is 6.04 Å². The Kier molecular flexibility index (Phi) is 15.2. The maximum Gasteiger partial charge on any atom is 0.251 e. The molecule has 1 unspecified atom stereocenters. The van der Waals surface area contributed by atoms with E-state index >= 15 is 0 Å². The van der Waals surface area contributed by atoms with Crippen LogP contribution >= 0.6 is 39.1 Å². The molecule has 2 heterocycles. The number of benzene rings is 6. The Hall–Kier alpha value is -5.74. The molecule has 8 nitrogen and oxygen atoms in total. The molecular weight excluding hydrogens is 871 g/mol. The second-order valence-corrected chi connectivity index (χ2v) is 15.9. The van der Waals surface area contributed by atoms with Gasteiger partial charge in [-0.1, -0.05) is 87.7 Å². The molecule has 0 aromatic heterocycles. The molecular formula is C50H47BrCl2N4O4. The third-order valence-corrected chi connectivity index (χ3v) is 11.7. The molecule has 2 amide bonds. The lowest BCUT2D eigenvalue weighted by atomic mass is 9.99. The lowest BCUT2D eigenvalue weighted by Crippen LogP contribution is -2.36. The maximum atomic E-state index is 13.4. The molecule has 0 bridgehead atoms. The lowest BCUT2D eigenvalue weighted by Gasteiger charge is -2.21. The Bertz CT molecular complexity index is 2580. The minimum Gasteiger partial charge on any atom is -0.497 e. The molecule has 2 aliphatic heterocycles. The van der Waals surface area contributed by atoms with Crippen molar-refractivity contribution in [3.63, 3.8) is 0 Å². The minimum absolute atomic E-state index is 0.0367. The van der Waals surface area contributed by atoms with Crippen LogP contribution in [0.4, 0.5) is 11.4 Å². The van der Waals surface area contributed by atoms with E-state index in [0.29, 0.717) is 16.5 Å². The number of alkyl halides is 1. The van der Waals surface area contributed by atoms with Crippen LogP contribution in [0.1, 0.15) is 44.5 Å². The predicted molar refractivity (Wildman–Crippen MR) is 254 cm³/mol. The zero-order valence-electron chi connectivity index (χ0n) is 35.0. The van der Waals surface area contributed by atoms with E-state index in [-0.39, 0.29) is 18.4 Å².